The van der Waals surface area contributed by atoms with Crippen molar-refractivity contribution in [2.45, 2.75) is 13.5 Å². The molecule has 2 aromatic rings. The summed E-state index contributed by atoms with van der Waals surface area (Å²) < 4.78 is 1.89. The molecule has 0 aliphatic rings. The number of rotatable bonds is 3. The molecular formula is C16H17N3O. The average Bonchev–Trinajstić information content (AvgIpc) is 2.95. The summed E-state index contributed by atoms with van der Waals surface area (Å²) in [4.78, 5) is 12.3. The number of nitrogens with zero attached hydrogens (tertiary/aromatic N) is 1. The predicted molar refractivity (Wildman–Crippen MR) is 80.4 cm³/mol. The zero-order valence-electron chi connectivity index (χ0n) is 11.4. The summed E-state index contributed by atoms with van der Waals surface area (Å²) in [6.45, 7) is 3.04. The van der Waals surface area contributed by atoms with Gasteiger partial charge in [-0.1, -0.05) is 24.0 Å². The largest absolute Gasteiger partial charge is 0.344 e. The second-order valence-corrected chi connectivity index (χ2v) is 4.19. The third-order valence-electron chi connectivity index (χ3n) is 2.90. The van der Waals surface area contributed by atoms with Crippen molar-refractivity contribution in [2.75, 3.05) is 11.9 Å². The van der Waals surface area contributed by atoms with Gasteiger partial charge in [0, 0.05) is 18.3 Å². The molecule has 0 aliphatic heterocycles. The van der Waals surface area contributed by atoms with Crippen LogP contribution in [0.3, 0.4) is 0 Å². The van der Waals surface area contributed by atoms with Crippen LogP contribution in [0.25, 0.3) is 0 Å². The number of amides is 1. The van der Waals surface area contributed by atoms with Gasteiger partial charge in [-0.25, -0.2) is 0 Å². The minimum absolute atomic E-state index is 0.140. The Labute approximate surface area is 118 Å². The lowest BCUT2D eigenvalue weighted by molar-refractivity contribution is 0.101. The van der Waals surface area contributed by atoms with E-state index in [9.17, 15) is 4.79 Å². The summed E-state index contributed by atoms with van der Waals surface area (Å²) in [5, 5.41) is 2.89. The van der Waals surface area contributed by atoms with Crippen molar-refractivity contribution in [3.8, 4) is 11.8 Å². The molecule has 1 aromatic heterocycles. The van der Waals surface area contributed by atoms with Crippen molar-refractivity contribution in [1.82, 2.24) is 4.57 Å². The van der Waals surface area contributed by atoms with Gasteiger partial charge in [0.25, 0.3) is 5.91 Å². The number of hydrogen-bond acceptors (Lipinski definition) is 2. The van der Waals surface area contributed by atoms with E-state index in [-0.39, 0.29) is 5.91 Å². The minimum Gasteiger partial charge on any atom is -0.344 e. The van der Waals surface area contributed by atoms with Gasteiger partial charge in [0.15, 0.2) is 0 Å². The Morgan fingerprint density at radius 2 is 2.10 bits per heavy atom. The Balaban J connectivity index is 2.24. The first-order chi connectivity index (χ1) is 9.76. The summed E-state index contributed by atoms with van der Waals surface area (Å²) in [5.41, 5.74) is 7.47. The summed E-state index contributed by atoms with van der Waals surface area (Å²) in [7, 11) is 0. The molecule has 3 N–H and O–H groups in total. The SMILES string of the molecule is CCn1cccc1C(=O)Nc1ccccc1C#CCN. The van der Waals surface area contributed by atoms with E-state index in [1.807, 2.05) is 48.0 Å². The molecule has 4 heteroatoms. The number of aryl methyl sites for hydroxylation is 1. The van der Waals surface area contributed by atoms with Gasteiger partial charge in [-0.3, -0.25) is 4.79 Å². The van der Waals surface area contributed by atoms with Gasteiger partial charge in [0.05, 0.1) is 12.2 Å². The first kappa shape index (κ1) is 13.9. The molecular weight excluding hydrogens is 250 g/mol. The normalized spacial score (nSPS) is 9.70. The fourth-order valence-corrected chi connectivity index (χ4v) is 1.93. The monoisotopic (exact) mass is 267 g/mol. The highest BCUT2D eigenvalue weighted by molar-refractivity contribution is 6.03. The van der Waals surface area contributed by atoms with Gasteiger partial charge in [-0.05, 0) is 31.2 Å². The number of nitrogens with two attached hydrogens (primary N) is 1. The third kappa shape index (κ3) is 3.08. The van der Waals surface area contributed by atoms with Gasteiger partial charge in [0.1, 0.15) is 5.69 Å². The molecule has 20 heavy (non-hydrogen) atoms. The molecule has 1 aromatic carbocycles. The highest BCUT2D eigenvalue weighted by Crippen LogP contribution is 2.15. The molecule has 0 fully saturated rings. The molecule has 0 atom stereocenters. The van der Waals surface area contributed by atoms with Crippen molar-refractivity contribution < 1.29 is 4.79 Å². The van der Waals surface area contributed by atoms with Crippen LogP contribution >= 0.6 is 0 Å². The number of aromatic nitrogens is 1. The molecule has 0 saturated carbocycles. The standard InChI is InChI=1S/C16H17N3O/c1-2-19-12-6-10-15(19)16(20)18-14-9-4-3-7-13(14)8-5-11-17/h3-4,6-7,9-10,12H,2,11,17H2,1H3,(H,18,20). The van der Waals surface area contributed by atoms with E-state index in [0.29, 0.717) is 17.9 Å². The Kier molecular flexibility index (Phi) is 4.59. The third-order valence-corrected chi connectivity index (χ3v) is 2.90. The van der Waals surface area contributed by atoms with Crippen LogP contribution in [-0.4, -0.2) is 17.0 Å². The van der Waals surface area contributed by atoms with Crippen LogP contribution in [0.4, 0.5) is 5.69 Å². The first-order valence-corrected chi connectivity index (χ1v) is 6.50. The van der Waals surface area contributed by atoms with E-state index in [4.69, 9.17) is 5.73 Å². The summed E-state index contributed by atoms with van der Waals surface area (Å²) in [5.74, 6) is 5.61. The number of carbonyl (C=O) groups excluding carboxylic acids is 1. The van der Waals surface area contributed by atoms with Crippen molar-refractivity contribution in [2.24, 2.45) is 5.73 Å². The molecule has 0 aliphatic carbocycles. The van der Waals surface area contributed by atoms with E-state index in [2.05, 4.69) is 17.2 Å². The minimum atomic E-state index is -0.140. The topological polar surface area (TPSA) is 60.0 Å². The van der Waals surface area contributed by atoms with Crippen molar-refractivity contribution >= 4 is 11.6 Å². The molecule has 0 unspecified atom stereocenters. The van der Waals surface area contributed by atoms with Crippen LogP contribution in [0.5, 0.6) is 0 Å². The lowest BCUT2D eigenvalue weighted by atomic mass is 10.1. The zero-order valence-corrected chi connectivity index (χ0v) is 11.4. The van der Waals surface area contributed by atoms with E-state index >= 15 is 0 Å². The van der Waals surface area contributed by atoms with Crippen molar-refractivity contribution in [3.63, 3.8) is 0 Å². The maximum atomic E-state index is 12.3. The highest BCUT2D eigenvalue weighted by Gasteiger charge is 2.11. The van der Waals surface area contributed by atoms with Gasteiger partial charge in [-0.15, -0.1) is 0 Å². The fraction of sp³-hybridized carbons (Fsp3) is 0.188. The van der Waals surface area contributed by atoms with E-state index in [1.165, 1.54) is 0 Å². The quantitative estimate of drug-likeness (QED) is 0.836. The number of benzene rings is 1. The zero-order chi connectivity index (χ0) is 14.4. The van der Waals surface area contributed by atoms with E-state index in [0.717, 1.165) is 12.1 Å². The van der Waals surface area contributed by atoms with Crippen LogP contribution in [-0.2, 0) is 6.54 Å². The van der Waals surface area contributed by atoms with Gasteiger partial charge >= 0.3 is 0 Å². The Morgan fingerprint density at radius 1 is 1.30 bits per heavy atom. The Morgan fingerprint density at radius 3 is 2.85 bits per heavy atom. The van der Waals surface area contributed by atoms with Crippen LogP contribution in [0.1, 0.15) is 23.0 Å². The number of carbonyl (C=O) groups is 1. The van der Waals surface area contributed by atoms with Crippen molar-refractivity contribution in [1.29, 1.82) is 0 Å². The molecule has 0 saturated heterocycles. The molecule has 4 nitrogen and oxygen atoms in total. The maximum absolute atomic E-state index is 12.3. The first-order valence-electron chi connectivity index (χ1n) is 6.50. The second kappa shape index (κ2) is 6.60. The molecule has 1 amide bonds. The maximum Gasteiger partial charge on any atom is 0.272 e. The Hall–Kier alpha value is -2.51. The van der Waals surface area contributed by atoms with E-state index in [1.54, 1.807) is 6.07 Å². The van der Waals surface area contributed by atoms with Gasteiger partial charge in [0.2, 0.25) is 0 Å². The molecule has 2 rings (SSSR count). The van der Waals surface area contributed by atoms with Crippen molar-refractivity contribution in [3.05, 3.63) is 53.9 Å². The second-order valence-electron chi connectivity index (χ2n) is 4.19. The number of anilines is 1. The summed E-state index contributed by atoms with van der Waals surface area (Å²) in [6, 6.07) is 11.1. The number of hydrogen-bond donors (Lipinski definition) is 2. The number of nitrogens with one attached hydrogen (secondary N) is 1. The molecule has 0 spiro atoms. The molecule has 0 radical (unpaired) electrons. The molecule has 0 bridgehead atoms. The lowest BCUT2D eigenvalue weighted by Crippen LogP contribution is -2.17. The summed E-state index contributed by atoms with van der Waals surface area (Å²) in [6.07, 6.45) is 1.88. The van der Waals surface area contributed by atoms with Crippen LogP contribution < -0.4 is 11.1 Å². The summed E-state index contributed by atoms with van der Waals surface area (Å²) >= 11 is 0. The van der Waals surface area contributed by atoms with Crippen LogP contribution in [0.2, 0.25) is 0 Å². The molecule has 102 valence electrons. The highest BCUT2D eigenvalue weighted by atomic mass is 16.1. The smallest absolute Gasteiger partial charge is 0.272 e. The fourth-order valence-electron chi connectivity index (χ4n) is 1.93. The average molecular weight is 267 g/mol. The lowest BCUT2D eigenvalue weighted by Gasteiger charge is -2.09. The van der Waals surface area contributed by atoms with Crippen LogP contribution in [0.15, 0.2) is 42.6 Å². The number of para-hydroxylation sites is 1. The van der Waals surface area contributed by atoms with Crippen LogP contribution in [0, 0.1) is 11.8 Å². The predicted octanol–water partition coefficient (Wildman–Crippen LogP) is 2.07. The van der Waals surface area contributed by atoms with E-state index < -0.39 is 0 Å². The van der Waals surface area contributed by atoms with Gasteiger partial charge < -0.3 is 15.6 Å². The molecule has 1 heterocycles. The van der Waals surface area contributed by atoms with Gasteiger partial charge in [-0.2, -0.15) is 0 Å². The Bertz CT molecular complexity index is 662.